The van der Waals surface area contributed by atoms with Gasteiger partial charge < -0.3 is 36.0 Å². The van der Waals surface area contributed by atoms with Crippen molar-refractivity contribution in [2.75, 3.05) is 33.4 Å². The lowest BCUT2D eigenvalue weighted by Crippen LogP contribution is -2.54. The van der Waals surface area contributed by atoms with E-state index in [4.69, 9.17) is 22.1 Å². The van der Waals surface area contributed by atoms with Crippen LogP contribution in [0.25, 0.3) is 0 Å². The van der Waals surface area contributed by atoms with Crippen LogP contribution in [0.1, 0.15) is 6.42 Å². The Morgan fingerprint density at radius 2 is 2.26 bits per heavy atom. The third-order valence-electron chi connectivity index (χ3n) is 2.99. The number of aliphatic hydroxyl groups is 3. The highest BCUT2D eigenvalue weighted by atomic mass is 32.1. The lowest BCUT2D eigenvalue weighted by atomic mass is 10.0. The SMILES string of the molecule is CNC(=S)N[C@H]1CO[C@H](CNCC(O)CO)C[C@@H]1O. The molecule has 0 bridgehead atoms. The Labute approximate surface area is 118 Å². The molecule has 1 aliphatic rings. The summed E-state index contributed by atoms with van der Waals surface area (Å²) < 4.78 is 5.61. The Kier molecular flexibility index (Phi) is 7.51. The first-order chi connectivity index (χ1) is 9.06. The van der Waals surface area contributed by atoms with Gasteiger partial charge in [0.15, 0.2) is 5.11 Å². The normalized spacial score (nSPS) is 28.7. The highest BCUT2D eigenvalue weighted by Gasteiger charge is 2.29. The maximum absolute atomic E-state index is 9.99. The van der Waals surface area contributed by atoms with Crippen molar-refractivity contribution in [3.63, 3.8) is 0 Å². The summed E-state index contributed by atoms with van der Waals surface area (Å²) in [4.78, 5) is 0. The third-order valence-corrected chi connectivity index (χ3v) is 3.31. The number of ether oxygens (including phenoxy) is 1. The zero-order chi connectivity index (χ0) is 14.3. The number of hydrogen-bond acceptors (Lipinski definition) is 6. The molecule has 0 radical (unpaired) electrons. The van der Waals surface area contributed by atoms with E-state index in [2.05, 4.69) is 16.0 Å². The van der Waals surface area contributed by atoms with Crippen molar-refractivity contribution in [2.45, 2.75) is 30.8 Å². The quantitative estimate of drug-likeness (QED) is 0.300. The summed E-state index contributed by atoms with van der Waals surface area (Å²) in [6.07, 6.45) is -0.917. The Balaban J connectivity index is 2.23. The van der Waals surface area contributed by atoms with Crippen LogP contribution in [-0.4, -0.2) is 78.1 Å². The average Bonchev–Trinajstić information content (AvgIpc) is 2.41. The molecular weight excluding hydrogens is 270 g/mol. The van der Waals surface area contributed by atoms with Gasteiger partial charge in [0.1, 0.15) is 0 Å². The van der Waals surface area contributed by atoms with Crippen molar-refractivity contribution in [1.29, 1.82) is 0 Å². The largest absolute Gasteiger partial charge is 0.394 e. The fourth-order valence-corrected chi connectivity index (χ4v) is 2.00. The summed E-state index contributed by atoms with van der Waals surface area (Å²) in [5.41, 5.74) is 0. The molecule has 1 heterocycles. The van der Waals surface area contributed by atoms with Gasteiger partial charge >= 0.3 is 0 Å². The van der Waals surface area contributed by atoms with Crippen LogP contribution in [0, 0.1) is 0 Å². The molecule has 19 heavy (non-hydrogen) atoms. The van der Waals surface area contributed by atoms with E-state index in [1.165, 1.54) is 0 Å². The van der Waals surface area contributed by atoms with Crippen LogP contribution in [0.5, 0.6) is 0 Å². The molecule has 0 aliphatic carbocycles. The third kappa shape index (κ3) is 5.98. The van der Waals surface area contributed by atoms with Gasteiger partial charge in [-0.15, -0.1) is 0 Å². The summed E-state index contributed by atoms with van der Waals surface area (Å²) in [5, 5.41) is 37.1. The molecule has 4 atom stereocenters. The summed E-state index contributed by atoms with van der Waals surface area (Å²) >= 11 is 4.98. The summed E-state index contributed by atoms with van der Waals surface area (Å²) in [5.74, 6) is 0. The van der Waals surface area contributed by atoms with Gasteiger partial charge in [0.2, 0.25) is 0 Å². The van der Waals surface area contributed by atoms with Crippen molar-refractivity contribution in [2.24, 2.45) is 0 Å². The molecule has 0 aromatic rings. The lowest BCUT2D eigenvalue weighted by molar-refractivity contribution is -0.0607. The van der Waals surface area contributed by atoms with Crippen LogP contribution in [0.4, 0.5) is 0 Å². The maximum atomic E-state index is 9.99. The molecule has 1 fully saturated rings. The zero-order valence-electron chi connectivity index (χ0n) is 11.0. The van der Waals surface area contributed by atoms with E-state index >= 15 is 0 Å². The first kappa shape index (κ1) is 16.5. The highest BCUT2D eigenvalue weighted by molar-refractivity contribution is 7.80. The maximum Gasteiger partial charge on any atom is 0.166 e. The Morgan fingerprint density at radius 3 is 2.84 bits per heavy atom. The Hall–Kier alpha value is -0.510. The van der Waals surface area contributed by atoms with Gasteiger partial charge in [-0.05, 0) is 12.2 Å². The van der Waals surface area contributed by atoms with Crippen molar-refractivity contribution in [1.82, 2.24) is 16.0 Å². The standard InChI is InChI=1S/C11H23N3O4S/c1-12-11(19)14-9-6-18-8(2-10(9)17)4-13-3-7(16)5-15/h7-10,13,15-17H,2-6H2,1H3,(H2,12,14,19)/t7?,8-,9-,10-/m0/s1. The van der Waals surface area contributed by atoms with Gasteiger partial charge in [-0.25, -0.2) is 0 Å². The van der Waals surface area contributed by atoms with Gasteiger partial charge in [0, 0.05) is 26.6 Å². The smallest absolute Gasteiger partial charge is 0.166 e. The minimum Gasteiger partial charge on any atom is -0.394 e. The fraction of sp³-hybridized carbons (Fsp3) is 0.909. The summed E-state index contributed by atoms with van der Waals surface area (Å²) in [6, 6.07) is -0.209. The highest BCUT2D eigenvalue weighted by Crippen LogP contribution is 2.14. The van der Waals surface area contributed by atoms with Crippen LogP contribution in [-0.2, 0) is 4.74 Å². The molecule has 0 saturated carbocycles. The molecule has 6 N–H and O–H groups in total. The second-order valence-electron chi connectivity index (χ2n) is 4.58. The molecule has 1 aliphatic heterocycles. The van der Waals surface area contributed by atoms with Gasteiger partial charge in [0.25, 0.3) is 0 Å². The van der Waals surface area contributed by atoms with E-state index in [0.717, 1.165) is 0 Å². The summed E-state index contributed by atoms with van der Waals surface area (Å²) in [6.45, 7) is 0.932. The average molecular weight is 293 g/mol. The number of thiocarbonyl (C=S) groups is 1. The number of aliphatic hydroxyl groups excluding tert-OH is 3. The van der Waals surface area contributed by atoms with Crippen molar-refractivity contribution in [3.05, 3.63) is 0 Å². The Bertz CT molecular complexity index is 283. The van der Waals surface area contributed by atoms with Crippen molar-refractivity contribution < 1.29 is 20.1 Å². The van der Waals surface area contributed by atoms with E-state index < -0.39 is 12.2 Å². The first-order valence-corrected chi connectivity index (χ1v) is 6.75. The first-order valence-electron chi connectivity index (χ1n) is 6.34. The predicted molar refractivity (Wildman–Crippen MR) is 74.9 cm³/mol. The molecule has 112 valence electrons. The second kappa shape index (κ2) is 8.62. The molecule has 1 rings (SSSR count). The number of nitrogens with one attached hydrogen (secondary N) is 3. The van der Waals surface area contributed by atoms with Crippen molar-refractivity contribution in [3.8, 4) is 0 Å². The van der Waals surface area contributed by atoms with Crippen LogP contribution < -0.4 is 16.0 Å². The van der Waals surface area contributed by atoms with Gasteiger partial charge in [-0.1, -0.05) is 0 Å². The minimum atomic E-state index is -0.768. The predicted octanol–water partition coefficient (Wildman–Crippen LogP) is -2.46. The van der Waals surface area contributed by atoms with Crippen LogP contribution >= 0.6 is 12.2 Å². The molecule has 7 nitrogen and oxygen atoms in total. The molecular formula is C11H23N3O4S. The van der Waals surface area contributed by atoms with E-state index in [-0.39, 0.29) is 18.8 Å². The zero-order valence-corrected chi connectivity index (χ0v) is 11.8. The molecule has 0 spiro atoms. The summed E-state index contributed by atoms with van der Waals surface area (Å²) in [7, 11) is 1.71. The van der Waals surface area contributed by atoms with Crippen LogP contribution in [0.15, 0.2) is 0 Å². The van der Waals surface area contributed by atoms with Crippen molar-refractivity contribution >= 4 is 17.3 Å². The van der Waals surface area contributed by atoms with E-state index in [1.807, 2.05) is 0 Å². The Morgan fingerprint density at radius 1 is 1.53 bits per heavy atom. The molecule has 0 amide bonds. The van der Waals surface area contributed by atoms with E-state index in [9.17, 15) is 10.2 Å². The van der Waals surface area contributed by atoms with Gasteiger partial charge in [0.05, 0.1) is 37.6 Å². The molecule has 0 aromatic carbocycles. The van der Waals surface area contributed by atoms with E-state index in [0.29, 0.717) is 31.2 Å². The molecule has 1 saturated heterocycles. The van der Waals surface area contributed by atoms with Crippen LogP contribution in [0.2, 0.25) is 0 Å². The van der Waals surface area contributed by atoms with E-state index in [1.54, 1.807) is 7.05 Å². The molecule has 1 unspecified atom stereocenters. The molecule has 8 heteroatoms. The lowest BCUT2D eigenvalue weighted by Gasteiger charge is -2.34. The minimum absolute atomic E-state index is 0.109. The fourth-order valence-electron chi connectivity index (χ4n) is 1.85. The number of hydrogen-bond donors (Lipinski definition) is 6. The number of rotatable bonds is 6. The van der Waals surface area contributed by atoms with Gasteiger partial charge in [-0.3, -0.25) is 0 Å². The van der Waals surface area contributed by atoms with Gasteiger partial charge in [-0.2, -0.15) is 0 Å². The monoisotopic (exact) mass is 293 g/mol. The topological polar surface area (TPSA) is 106 Å². The molecule has 0 aromatic heterocycles. The second-order valence-corrected chi connectivity index (χ2v) is 4.99. The van der Waals surface area contributed by atoms with Crippen LogP contribution in [0.3, 0.4) is 0 Å².